The van der Waals surface area contributed by atoms with Crippen LogP contribution in [0.4, 0.5) is 27.8 Å². The van der Waals surface area contributed by atoms with Gasteiger partial charge in [-0.2, -0.15) is 15.2 Å². The summed E-state index contributed by atoms with van der Waals surface area (Å²) in [5, 5.41) is 12.7. The molecule has 6 rings (SSSR count). The van der Waals surface area contributed by atoms with Gasteiger partial charge in [-0.15, -0.1) is 0 Å². The minimum atomic E-state index is -2.99. The van der Waals surface area contributed by atoms with Gasteiger partial charge >= 0.3 is 6.01 Å². The number of benzene rings is 1. The van der Waals surface area contributed by atoms with Gasteiger partial charge in [-0.05, 0) is 37.6 Å². The number of piperazine rings is 1. The molecule has 8 nitrogen and oxygen atoms in total. The summed E-state index contributed by atoms with van der Waals surface area (Å²) in [7, 11) is 0. The van der Waals surface area contributed by atoms with E-state index in [4.69, 9.17) is 4.74 Å². The van der Waals surface area contributed by atoms with Crippen molar-refractivity contribution >= 4 is 16.7 Å². The van der Waals surface area contributed by atoms with Crippen LogP contribution in [0.2, 0.25) is 0 Å². The number of anilines is 1. The van der Waals surface area contributed by atoms with Crippen LogP contribution in [-0.2, 0) is 0 Å². The van der Waals surface area contributed by atoms with E-state index < -0.39 is 41.0 Å². The Morgan fingerprint density at radius 3 is 2.85 bits per heavy atom. The summed E-state index contributed by atoms with van der Waals surface area (Å²) in [5.41, 5.74) is -2.13. The number of fused-ring (bicyclic) bond motifs is 2. The zero-order valence-electron chi connectivity index (χ0n) is 22.1. The molecule has 3 aliphatic heterocycles. The summed E-state index contributed by atoms with van der Waals surface area (Å²) in [6, 6.07) is 4.45. The minimum Gasteiger partial charge on any atom is -0.461 e. The van der Waals surface area contributed by atoms with Gasteiger partial charge in [0, 0.05) is 56.0 Å². The average molecular weight is 574 g/mol. The molecule has 0 bridgehead atoms. The Hall–Kier alpha value is -3.63. The van der Waals surface area contributed by atoms with Crippen molar-refractivity contribution in [3.05, 3.63) is 41.6 Å². The van der Waals surface area contributed by atoms with Crippen LogP contribution in [0, 0.1) is 23.0 Å². The standard InChI is InChI=1S/C28H28F5N7O/c29-16-2-3-19(25(32)33)20(10-16)23-22(31)24-21(12-36-23)26(39-9-7-35-18(14-39)4-6-34)38-27(37-24)41-15-28-5-1-8-40(28)13-17(30)11-28/h2-3,10,12,17-18,25,35H,1,4-5,7-9,11,13-15H2/t17?,18?,28-/m0/s1. The fraction of sp³-hybridized carbons (Fsp3) is 0.500. The molecule has 0 radical (unpaired) electrons. The van der Waals surface area contributed by atoms with Gasteiger partial charge in [0.15, 0.2) is 5.82 Å². The molecule has 5 heterocycles. The maximum absolute atomic E-state index is 16.2. The van der Waals surface area contributed by atoms with Gasteiger partial charge in [-0.25, -0.2) is 22.0 Å². The molecular weight excluding hydrogens is 545 g/mol. The molecule has 1 aromatic carbocycles. The van der Waals surface area contributed by atoms with E-state index in [1.54, 1.807) is 0 Å². The first-order valence-corrected chi connectivity index (χ1v) is 13.6. The molecule has 0 aliphatic carbocycles. The van der Waals surface area contributed by atoms with Crippen molar-refractivity contribution in [2.24, 2.45) is 0 Å². The number of alkyl halides is 3. The molecule has 0 saturated carbocycles. The number of nitrogens with zero attached hydrogens (tertiary/aromatic N) is 6. The highest BCUT2D eigenvalue weighted by molar-refractivity contribution is 5.92. The van der Waals surface area contributed by atoms with E-state index in [2.05, 4.69) is 31.2 Å². The monoisotopic (exact) mass is 573 g/mol. The molecule has 41 heavy (non-hydrogen) atoms. The van der Waals surface area contributed by atoms with E-state index in [1.807, 2.05) is 4.90 Å². The highest BCUT2D eigenvalue weighted by Gasteiger charge is 2.49. The maximum Gasteiger partial charge on any atom is 0.319 e. The maximum atomic E-state index is 16.2. The number of hydrogen-bond donors (Lipinski definition) is 1. The third-order valence-electron chi connectivity index (χ3n) is 8.27. The molecule has 13 heteroatoms. The van der Waals surface area contributed by atoms with E-state index >= 15 is 4.39 Å². The van der Waals surface area contributed by atoms with Gasteiger partial charge in [-0.1, -0.05) is 0 Å². The predicted octanol–water partition coefficient (Wildman–Crippen LogP) is 4.55. The van der Waals surface area contributed by atoms with E-state index in [0.717, 1.165) is 37.6 Å². The number of nitrogens with one attached hydrogen (secondary N) is 1. The van der Waals surface area contributed by atoms with Crippen LogP contribution in [0.15, 0.2) is 24.4 Å². The van der Waals surface area contributed by atoms with Crippen LogP contribution in [0.1, 0.15) is 37.7 Å². The second-order valence-corrected chi connectivity index (χ2v) is 10.9. The van der Waals surface area contributed by atoms with Crippen LogP contribution >= 0.6 is 0 Å². The van der Waals surface area contributed by atoms with Crippen molar-refractivity contribution in [2.75, 3.05) is 44.2 Å². The quantitative estimate of drug-likeness (QED) is 0.412. The number of halogens is 5. The summed E-state index contributed by atoms with van der Waals surface area (Å²) < 4.78 is 78.1. The van der Waals surface area contributed by atoms with Crippen LogP contribution in [0.3, 0.4) is 0 Å². The van der Waals surface area contributed by atoms with Crippen molar-refractivity contribution in [2.45, 2.75) is 49.9 Å². The van der Waals surface area contributed by atoms with Gasteiger partial charge in [0.05, 0.1) is 23.4 Å². The first-order valence-electron chi connectivity index (χ1n) is 13.6. The zero-order chi connectivity index (χ0) is 28.7. The molecule has 3 fully saturated rings. The van der Waals surface area contributed by atoms with Crippen LogP contribution in [-0.4, -0.2) is 76.9 Å². The molecule has 3 atom stereocenters. The normalized spacial score (nSPS) is 24.7. The van der Waals surface area contributed by atoms with Gasteiger partial charge in [-0.3, -0.25) is 9.88 Å². The molecular formula is C28H28F5N7O. The predicted molar refractivity (Wildman–Crippen MR) is 140 cm³/mol. The van der Waals surface area contributed by atoms with E-state index in [9.17, 15) is 22.8 Å². The third kappa shape index (κ3) is 5.15. The second-order valence-electron chi connectivity index (χ2n) is 10.9. The van der Waals surface area contributed by atoms with Crippen LogP contribution in [0.5, 0.6) is 6.01 Å². The molecule has 0 spiro atoms. The Labute approximate surface area is 233 Å². The SMILES string of the molecule is N#CCC1CN(c2nc(OC[C@@]34CCCN3CC(F)C4)nc3c(F)c(-c4cc(F)ccc4C(F)F)ncc23)CCN1. The number of aromatic nitrogens is 3. The van der Waals surface area contributed by atoms with Crippen LogP contribution in [0.25, 0.3) is 22.2 Å². The first kappa shape index (κ1) is 27.5. The Morgan fingerprint density at radius 1 is 1.20 bits per heavy atom. The second kappa shape index (κ2) is 11.0. The van der Waals surface area contributed by atoms with Crippen molar-refractivity contribution in [3.8, 4) is 23.3 Å². The van der Waals surface area contributed by atoms with Gasteiger partial charge in [0.2, 0.25) is 0 Å². The molecule has 3 aliphatic rings. The summed E-state index contributed by atoms with van der Waals surface area (Å²) >= 11 is 0. The zero-order valence-corrected chi connectivity index (χ0v) is 22.1. The van der Waals surface area contributed by atoms with E-state index in [1.165, 1.54) is 6.20 Å². The average Bonchev–Trinajstić information content (AvgIpc) is 3.48. The van der Waals surface area contributed by atoms with Gasteiger partial charge in [0.25, 0.3) is 6.43 Å². The lowest BCUT2D eigenvalue weighted by molar-refractivity contribution is 0.107. The van der Waals surface area contributed by atoms with Gasteiger partial charge in [0.1, 0.15) is 35.6 Å². The fourth-order valence-electron chi connectivity index (χ4n) is 6.35. The summed E-state index contributed by atoms with van der Waals surface area (Å²) in [4.78, 5) is 17.0. The molecule has 3 saturated heterocycles. The third-order valence-corrected chi connectivity index (χ3v) is 8.27. The largest absolute Gasteiger partial charge is 0.461 e. The van der Waals surface area contributed by atoms with Crippen LogP contribution < -0.4 is 15.0 Å². The minimum absolute atomic E-state index is 0.107. The highest BCUT2D eigenvalue weighted by atomic mass is 19.3. The number of nitriles is 1. The topological polar surface area (TPSA) is 90.2 Å². The van der Waals surface area contributed by atoms with Crippen molar-refractivity contribution in [1.29, 1.82) is 5.26 Å². The Balaban J connectivity index is 1.44. The molecule has 216 valence electrons. The van der Waals surface area contributed by atoms with E-state index in [-0.39, 0.29) is 41.5 Å². The number of rotatable bonds is 7. The summed E-state index contributed by atoms with van der Waals surface area (Å²) in [6.45, 7) is 2.62. The lowest BCUT2D eigenvalue weighted by atomic mass is 9.95. The van der Waals surface area contributed by atoms with Crippen molar-refractivity contribution < 1.29 is 26.7 Å². The molecule has 2 aromatic heterocycles. The smallest absolute Gasteiger partial charge is 0.319 e. The lowest BCUT2D eigenvalue weighted by Gasteiger charge is -2.34. The molecule has 2 unspecified atom stereocenters. The molecule has 3 aromatic rings. The van der Waals surface area contributed by atoms with Crippen molar-refractivity contribution in [3.63, 3.8) is 0 Å². The number of ether oxygens (including phenoxy) is 1. The fourth-order valence-corrected chi connectivity index (χ4v) is 6.35. The Bertz CT molecular complexity index is 1500. The Morgan fingerprint density at radius 2 is 2.05 bits per heavy atom. The summed E-state index contributed by atoms with van der Waals surface area (Å²) in [5.74, 6) is -1.51. The Kier molecular flexibility index (Phi) is 7.37. The number of hydrogen-bond acceptors (Lipinski definition) is 8. The molecule has 1 N–H and O–H groups in total. The van der Waals surface area contributed by atoms with E-state index in [0.29, 0.717) is 38.4 Å². The number of pyridine rings is 1. The van der Waals surface area contributed by atoms with Gasteiger partial charge < -0.3 is 15.0 Å². The summed E-state index contributed by atoms with van der Waals surface area (Å²) in [6.07, 6.45) is -0.440. The van der Waals surface area contributed by atoms with Crippen molar-refractivity contribution in [1.82, 2.24) is 25.2 Å². The highest BCUT2D eigenvalue weighted by Crippen LogP contribution is 2.41. The lowest BCUT2D eigenvalue weighted by Crippen LogP contribution is -2.51. The first-order chi connectivity index (χ1) is 19.8. The molecule has 0 amide bonds.